The van der Waals surface area contributed by atoms with Crippen molar-refractivity contribution in [3.05, 3.63) is 65.2 Å². The van der Waals surface area contributed by atoms with Crippen molar-refractivity contribution in [1.29, 1.82) is 0 Å². The molecule has 0 bridgehead atoms. The van der Waals surface area contributed by atoms with Crippen molar-refractivity contribution in [3.8, 4) is 0 Å². The molecule has 1 amide bonds. The highest BCUT2D eigenvalue weighted by molar-refractivity contribution is 6.30. The van der Waals surface area contributed by atoms with Gasteiger partial charge in [-0.15, -0.1) is 0 Å². The van der Waals surface area contributed by atoms with Crippen LogP contribution in [0.15, 0.2) is 54.6 Å². The van der Waals surface area contributed by atoms with E-state index in [0.717, 1.165) is 11.3 Å². The molecule has 5 heteroatoms. The first-order chi connectivity index (χ1) is 10.1. The van der Waals surface area contributed by atoms with Crippen LogP contribution in [0.4, 0.5) is 5.69 Å². The van der Waals surface area contributed by atoms with Gasteiger partial charge in [0, 0.05) is 10.6 Å². The van der Waals surface area contributed by atoms with E-state index in [0.29, 0.717) is 11.0 Å². The number of hydrogen-bond donors (Lipinski definition) is 1. The third kappa shape index (κ3) is 2.28. The van der Waals surface area contributed by atoms with Crippen LogP contribution >= 0.6 is 11.6 Å². The first kappa shape index (κ1) is 13.6. The number of halogens is 1. The molecule has 1 heterocycles. The second kappa shape index (κ2) is 5.22. The van der Waals surface area contributed by atoms with E-state index in [1.807, 2.05) is 47.0 Å². The summed E-state index contributed by atoms with van der Waals surface area (Å²) in [7, 11) is 1.68. The fourth-order valence-corrected chi connectivity index (χ4v) is 2.64. The van der Waals surface area contributed by atoms with E-state index < -0.39 is 6.04 Å². The minimum Gasteiger partial charge on any atom is -0.290 e. The van der Waals surface area contributed by atoms with E-state index >= 15 is 0 Å². The fourth-order valence-electron chi connectivity index (χ4n) is 2.51. The summed E-state index contributed by atoms with van der Waals surface area (Å²) in [5, 5.41) is 0.646. The van der Waals surface area contributed by atoms with Gasteiger partial charge < -0.3 is 0 Å². The third-order valence-corrected chi connectivity index (χ3v) is 3.89. The van der Waals surface area contributed by atoms with Crippen molar-refractivity contribution in [2.75, 3.05) is 7.05 Å². The molecule has 1 atom stereocenters. The van der Waals surface area contributed by atoms with Crippen molar-refractivity contribution >= 4 is 29.2 Å². The number of rotatable bonds is 2. The van der Waals surface area contributed by atoms with Crippen LogP contribution < -0.4 is 5.73 Å². The summed E-state index contributed by atoms with van der Waals surface area (Å²) in [6, 6.07) is 16.5. The van der Waals surface area contributed by atoms with Crippen LogP contribution in [0.25, 0.3) is 0 Å². The minimum absolute atomic E-state index is 0.0475. The second-order valence-electron chi connectivity index (χ2n) is 4.92. The van der Waals surface area contributed by atoms with Gasteiger partial charge in [0.2, 0.25) is 6.04 Å². The first-order valence-electron chi connectivity index (χ1n) is 6.59. The van der Waals surface area contributed by atoms with Crippen LogP contribution in [-0.4, -0.2) is 28.4 Å². The lowest BCUT2D eigenvalue weighted by molar-refractivity contribution is -0.470. The van der Waals surface area contributed by atoms with Gasteiger partial charge in [0.05, 0.1) is 7.05 Å². The summed E-state index contributed by atoms with van der Waals surface area (Å²) in [4.78, 5) is 14.0. The summed E-state index contributed by atoms with van der Waals surface area (Å²) < 4.78 is 1.83. The average molecular weight is 301 g/mol. The standard InChI is InChI=1S/C16H14ClN3O/c1-19-15(21)14(11-5-3-2-4-6-11)20(16(19)18)13-9-7-12(17)8-10-13/h2-10,14,18H,1H3/p+1. The quantitative estimate of drug-likeness (QED) is 0.866. The predicted molar refractivity (Wildman–Crippen MR) is 82.5 cm³/mol. The first-order valence-corrected chi connectivity index (χ1v) is 6.97. The molecule has 1 aliphatic heterocycles. The number of amides is 1. The normalized spacial score (nSPS) is 18.5. The molecule has 3 rings (SSSR count). The van der Waals surface area contributed by atoms with Gasteiger partial charge in [0.1, 0.15) is 5.69 Å². The highest BCUT2D eigenvalue weighted by atomic mass is 35.5. The summed E-state index contributed by atoms with van der Waals surface area (Å²) in [6.07, 6.45) is 0. The van der Waals surface area contributed by atoms with Crippen LogP contribution in [0.3, 0.4) is 0 Å². The number of carbonyl (C=O) groups excluding carboxylic acids is 1. The average Bonchev–Trinajstić information content (AvgIpc) is 2.73. The zero-order valence-electron chi connectivity index (χ0n) is 11.5. The molecule has 1 unspecified atom stereocenters. The Morgan fingerprint density at radius 1 is 1.10 bits per heavy atom. The van der Waals surface area contributed by atoms with Gasteiger partial charge in [-0.1, -0.05) is 41.9 Å². The van der Waals surface area contributed by atoms with E-state index in [1.54, 1.807) is 19.2 Å². The summed E-state index contributed by atoms with van der Waals surface area (Å²) in [6.45, 7) is 0. The maximum Gasteiger partial charge on any atom is 0.359 e. The fraction of sp³-hybridized carbons (Fsp3) is 0.125. The topological polar surface area (TPSA) is 49.3 Å². The molecule has 2 aromatic rings. The second-order valence-corrected chi connectivity index (χ2v) is 5.35. The lowest BCUT2D eigenvalue weighted by Gasteiger charge is -2.12. The van der Waals surface area contributed by atoms with E-state index in [1.165, 1.54) is 4.90 Å². The van der Waals surface area contributed by atoms with Gasteiger partial charge in [-0.3, -0.25) is 10.5 Å². The molecule has 0 radical (unpaired) electrons. The number of nitrogens with two attached hydrogens (primary N) is 1. The number of carbonyl (C=O) groups is 1. The maximum absolute atomic E-state index is 12.5. The third-order valence-electron chi connectivity index (χ3n) is 3.63. The molecule has 0 aliphatic carbocycles. The van der Waals surface area contributed by atoms with Gasteiger partial charge in [-0.2, -0.15) is 0 Å². The molecule has 0 fully saturated rings. The molecular weight excluding hydrogens is 286 g/mol. The zero-order valence-corrected chi connectivity index (χ0v) is 12.3. The van der Waals surface area contributed by atoms with Crippen LogP contribution in [-0.2, 0) is 4.79 Å². The number of nitrogens with zero attached hydrogens (tertiary/aromatic N) is 2. The Morgan fingerprint density at radius 3 is 2.33 bits per heavy atom. The van der Waals surface area contributed by atoms with Crippen LogP contribution in [0.2, 0.25) is 5.02 Å². The monoisotopic (exact) mass is 300 g/mol. The Bertz CT molecular complexity index is 710. The van der Waals surface area contributed by atoms with E-state index in [4.69, 9.17) is 17.3 Å². The molecule has 0 saturated heterocycles. The Labute approximate surface area is 128 Å². The minimum atomic E-state index is -0.447. The van der Waals surface area contributed by atoms with E-state index in [9.17, 15) is 4.79 Å². The van der Waals surface area contributed by atoms with Gasteiger partial charge in [-0.25, -0.2) is 9.48 Å². The van der Waals surface area contributed by atoms with Crippen molar-refractivity contribution in [2.45, 2.75) is 6.04 Å². The maximum atomic E-state index is 12.5. The SMILES string of the molecule is CN1C(=O)C(c2ccccc2)[N+](c2ccc(Cl)cc2)=C1N. The van der Waals surface area contributed by atoms with Gasteiger partial charge in [0.25, 0.3) is 0 Å². The number of hydrogen-bond acceptors (Lipinski definition) is 2. The molecule has 2 N–H and O–H groups in total. The van der Waals surface area contributed by atoms with Gasteiger partial charge in [0.15, 0.2) is 0 Å². The van der Waals surface area contributed by atoms with E-state index in [2.05, 4.69) is 0 Å². The highest BCUT2D eigenvalue weighted by Crippen LogP contribution is 2.31. The molecule has 4 nitrogen and oxygen atoms in total. The van der Waals surface area contributed by atoms with Gasteiger partial charge in [-0.05, 0) is 24.3 Å². The number of benzene rings is 2. The summed E-state index contributed by atoms with van der Waals surface area (Å²) >= 11 is 5.93. The van der Waals surface area contributed by atoms with Crippen LogP contribution in [0, 0.1) is 0 Å². The van der Waals surface area contributed by atoms with E-state index in [-0.39, 0.29) is 5.91 Å². The molecule has 1 aliphatic rings. The molecule has 106 valence electrons. The van der Waals surface area contributed by atoms with Gasteiger partial charge >= 0.3 is 11.9 Å². The van der Waals surface area contributed by atoms with Crippen LogP contribution in [0.5, 0.6) is 0 Å². The predicted octanol–water partition coefficient (Wildman–Crippen LogP) is 2.51. The van der Waals surface area contributed by atoms with Crippen molar-refractivity contribution < 1.29 is 9.37 Å². The number of likely N-dealkylation sites (N-methyl/N-ethyl adjacent to an activating group) is 1. The Hall–Kier alpha value is -2.33. The molecule has 21 heavy (non-hydrogen) atoms. The molecule has 2 aromatic carbocycles. The largest absolute Gasteiger partial charge is 0.359 e. The highest BCUT2D eigenvalue weighted by Gasteiger charge is 2.44. The number of guanidine groups is 1. The molecule has 0 saturated carbocycles. The summed E-state index contributed by atoms with van der Waals surface area (Å²) in [5.74, 6) is 0.366. The smallest absolute Gasteiger partial charge is 0.290 e. The zero-order chi connectivity index (χ0) is 15.0. The Morgan fingerprint density at radius 2 is 1.71 bits per heavy atom. The van der Waals surface area contributed by atoms with Crippen molar-refractivity contribution in [3.63, 3.8) is 0 Å². The lowest BCUT2D eigenvalue weighted by Crippen LogP contribution is -2.35. The Kier molecular flexibility index (Phi) is 3.39. The van der Waals surface area contributed by atoms with Crippen molar-refractivity contribution in [1.82, 2.24) is 4.90 Å². The van der Waals surface area contributed by atoms with Crippen LogP contribution in [0.1, 0.15) is 11.6 Å². The molecule has 0 spiro atoms. The molecule has 0 aromatic heterocycles. The Balaban J connectivity index is 2.14. The summed E-state index contributed by atoms with van der Waals surface area (Å²) in [5.41, 5.74) is 7.87. The molecular formula is C16H15ClN3O+. The lowest BCUT2D eigenvalue weighted by atomic mass is 10.1. The van der Waals surface area contributed by atoms with Crippen molar-refractivity contribution in [2.24, 2.45) is 5.73 Å².